The van der Waals surface area contributed by atoms with Gasteiger partial charge in [-0.05, 0) is 57.5 Å². The van der Waals surface area contributed by atoms with E-state index in [4.69, 9.17) is 4.74 Å². The number of carbonyl (C=O) groups excluding carboxylic acids is 1. The fourth-order valence-corrected chi connectivity index (χ4v) is 3.37. The lowest BCUT2D eigenvalue weighted by Crippen LogP contribution is -2.48. The first-order valence-electron chi connectivity index (χ1n) is 7.43. The van der Waals surface area contributed by atoms with Crippen LogP contribution in [0.1, 0.15) is 26.7 Å². The Hall–Kier alpha value is -1.20. The zero-order valence-corrected chi connectivity index (χ0v) is 13.7. The Morgan fingerprint density at radius 2 is 2.14 bits per heavy atom. The summed E-state index contributed by atoms with van der Waals surface area (Å²) in [6.07, 6.45) is 2.02. The average Bonchev–Trinajstić information content (AvgIpc) is 2.48. The zero-order chi connectivity index (χ0) is 15.2. The molecule has 0 radical (unpaired) electrons. The van der Waals surface area contributed by atoms with E-state index in [9.17, 15) is 4.79 Å². The molecular weight excluding hydrogens is 284 g/mol. The molecule has 116 valence electrons. The second-order valence-electron chi connectivity index (χ2n) is 5.52. The molecule has 0 bridgehead atoms. The first-order chi connectivity index (χ1) is 10.1. The van der Waals surface area contributed by atoms with E-state index >= 15 is 0 Å². The molecular formula is C16H24N2O2S. The van der Waals surface area contributed by atoms with Crippen LogP contribution in [0.25, 0.3) is 0 Å². The standard InChI is InChI=1S/C16H24N2O2S/c1-11-10-13(8-9-17-11)18-16(19)12(2)21-15-6-4-14(20-3)5-7-15/h4-7,11-13,17H,8-10H2,1-3H3,(H,18,19). The smallest absolute Gasteiger partial charge is 0.233 e. The highest BCUT2D eigenvalue weighted by atomic mass is 32.2. The Morgan fingerprint density at radius 1 is 1.43 bits per heavy atom. The van der Waals surface area contributed by atoms with Crippen molar-refractivity contribution >= 4 is 17.7 Å². The maximum atomic E-state index is 12.3. The van der Waals surface area contributed by atoms with Gasteiger partial charge in [0.1, 0.15) is 5.75 Å². The SMILES string of the molecule is COc1ccc(SC(C)C(=O)NC2CCNC(C)C2)cc1. The molecule has 2 rings (SSSR count). The molecule has 2 N–H and O–H groups in total. The number of hydrogen-bond donors (Lipinski definition) is 2. The van der Waals surface area contributed by atoms with Crippen LogP contribution in [-0.4, -0.2) is 36.9 Å². The van der Waals surface area contributed by atoms with E-state index < -0.39 is 0 Å². The summed E-state index contributed by atoms with van der Waals surface area (Å²) in [5, 5.41) is 6.47. The highest BCUT2D eigenvalue weighted by Crippen LogP contribution is 2.25. The van der Waals surface area contributed by atoms with Crippen LogP contribution in [0.3, 0.4) is 0 Å². The third kappa shape index (κ3) is 4.93. The lowest BCUT2D eigenvalue weighted by Gasteiger charge is -2.29. The number of rotatable bonds is 5. The van der Waals surface area contributed by atoms with Crippen molar-refractivity contribution in [3.63, 3.8) is 0 Å². The molecule has 0 saturated carbocycles. The van der Waals surface area contributed by atoms with Crippen LogP contribution >= 0.6 is 11.8 Å². The minimum atomic E-state index is -0.0939. The Labute approximate surface area is 131 Å². The van der Waals surface area contributed by atoms with Gasteiger partial charge in [0.15, 0.2) is 0 Å². The topological polar surface area (TPSA) is 50.4 Å². The molecule has 4 nitrogen and oxygen atoms in total. The molecule has 1 amide bonds. The van der Waals surface area contributed by atoms with Crippen LogP contribution in [0, 0.1) is 0 Å². The summed E-state index contributed by atoms with van der Waals surface area (Å²) >= 11 is 1.58. The van der Waals surface area contributed by atoms with E-state index in [1.807, 2.05) is 31.2 Å². The summed E-state index contributed by atoms with van der Waals surface area (Å²) in [6, 6.07) is 8.59. The monoisotopic (exact) mass is 308 g/mol. The van der Waals surface area contributed by atoms with Crippen molar-refractivity contribution in [2.75, 3.05) is 13.7 Å². The van der Waals surface area contributed by atoms with Gasteiger partial charge in [-0.3, -0.25) is 4.79 Å². The first-order valence-corrected chi connectivity index (χ1v) is 8.31. The number of hydrogen-bond acceptors (Lipinski definition) is 4. The van der Waals surface area contributed by atoms with Crippen molar-refractivity contribution in [2.45, 2.75) is 48.9 Å². The highest BCUT2D eigenvalue weighted by molar-refractivity contribution is 8.00. The molecule has 1 heterocycles. The third-order valence-electron chi connectivity index (χ3n) is 3.71. The van der Waals surface area contributed by atoms with Gasteiger partial charge in [-0.15, -0.1) is 11.8 Å². The second kappa shape index (κ2) is 7.71. The van der Waals surface area contributed by atoms with E-state index in [1.54, 1.807) is 18.9 Å². The molecule has 1 aliphatic heterocycles. The van der Waals surface area contributed by atoms with Crippen molar-refractivity contribution in [1.29, 1.82) is 0 Å². The molecule has 21 heavy (non-hydrogen) atoms. The van der Waals surface area contributed by atoms with Gasteiger partial charge in [-0.25, -0.2) is 0 Å². The maximum absolute atomic E-state index is 12.3. The number of benzene rings is 1. The van der Waals surface area contributed by atoms with E-state index in [2.05, 4.69) is 17.6 Å². The van der Waals surface area contributed by atoms with Crippen LogP contribution in [-0.2, 0) is 4.79 Å². The second-order valence-corrected chi connectivity index (χ2v) is 6.93. The molecule has 0 aromatic heterocycles. The zero-order valence-electron chi connectivity index (χ0n) is 12.9. The fraction of sp³-hybridized carbons (Fsp3) is 0.562. The van der Waals surface area contributed by atoms with Crippen LogP contribution in [0.5, 0.6) is 5.75 Å². The van der Waals surface area contributed by atoms with E-state index in [0.717, 1.165) is 30.0 Å². The summed E-state index contributed by atoms with van der Waals surface area (Å²) in [5.74, 6) is 0.954. The molecule has 1 saturated heterocycles. The van der Waals surface area contributed by atoms with Gasteiger partial charge in [0.05, 0.1) is 12.4 Å². The van der Waals surface area contributed by atoms with E-state index in [1.165, 1.54) is 0 Å². The van der Waals surface area contributed by atoms with Crippen LogP contribution in [0.4, 0.5) is 0 Å². The van der Waals surface area contributed by atoms with Crippen molar-refractivity contribution in [2.24, 2.45) is 0 Å². The summed E-state index contributed by atoms with van der Waals surface area (Å²) in [4.78, 5) is 13.3. The minimum Gasteiger partial charge on any atom is -0.497 e. The molecule has 1 aromatic carbocycles. The Kier molecular flexibility index (Phi) is 5.94. The predicted octanol–water partition coefficient (Wildman–Crippen LogP) is 2.43. The molecule has 0 aliphatic carbocycles. The average molecular weight is 308 g/mol. The van der Waals surface area contributed by atoms with Gasteiger partial charge in [0.2, 0.25) is 5.91 Å². The van der Waals surface area contributed by atoms with Gasteiger partial charge in [0.25, 0.3) is 0 Å². The van der Waals surface area contributed by atoms with E-state index in [0.29, 0.717) is 12.1 Å². The number of piperidine rings is 1. The van der Waals surface area contributed by atoms with Crippen LogP contribution in [0.2, 0.25) is 0 Å². The third-order valence-corrected chi connectivity index (χ3v) is 4.82. The fourth-order valence-electron chi connectivity index (χ4n) is 2.49. The normalized spacial score (nSPS) is 23.4. The largest absolute Gasteiger partial charge is 0.497 e. The number of thioether (sulfide) groups is 1. The van der Waals surface area contributed by atoms with Gasteiger partial charge in [0, 0.05) is 17.0 Å². The van der Waals surface area contributed by atoms with E-state index in [-0.39, 0.29) is 11.2 Å². The van der Waals surface area contributed by atoms with Crippen molar-refractivity contribution in [1.82, 2.24) is 10.6 Å². The lowest BCUT2D eigenvalue weighted by molar-refractivity contribution is -0.121. The number of methoxy groups -OCH3 is 1. The molecule has 1 aliphatic rings. The number of nitrogens with one attached hydrogen (secondary N) is 2. The summed E-state index contributed by atoms with van der Waals surface area (Å²) in [6.45, 7) is 5.09. The van der Waals surface area contributed by atoms with Crippen molar-refractivity contribution in [3.8, 4) is 5.75 Å². The predicted molar refractivity (Wildman–Crippen MR) is 86.9 cm³/mol. The van der Waals surface area contributed by atoms with Crippen LogP contribution in [0.15, 0.2) is 29.2 Å². The molecule has 3 atom stereocenters. The lowest BCUT2D eigenvalue weighted by atomic mass is 10.0. The molecule has 5 heteroatoms. The quantitative estimate of drug-likeness (QED) is 0.820. The minimum absolute atomic E-state index is 0.0939. The Morgan fingerprint density at radius 3 is 2.76 bits per heavy atom. The Bertz CT molecular complexity index is 464. The summed E-state index contributed by atoms with van der Waals surface area (Å²) in [5.41, 5.74) is 0. The van der Waals surface area contributed by atoms with Gasteiger partial charge >= 0.3 is 0 Å². The van der Waals surface area contributed by atoms with Gasteiger partial charge in [-0.1, -0.05) is 0 Å². The van der Waals surface area contributed by atoms with Gasteiger partial charge < -0.3 is 15.4 Å². The number of amides is 1. The molecule has 3 unspecified atom stereocenters. The summed E-state index contributed by atoms with van der Waals surface area (Å²) < 4.78 is 5.14. The highest BCUT2D eigenvalue weighted by Gasteiger charge is 2.22. The maximum Gasteiger partial charge on any atom is 0.233 e. The first kappa shape index (κ1) is 16.2. The van der Waals surface area contributed by atoms with Crippen molar-refractivity contribution < 1.29 is 9.53 Å². The van der Waals surface area contributed by atoms with Crippen molar-refractivity contribution in [3.05, 3.63) is 24.3 Å². The van der Waals surface area contributed by atoms with Crippen LogP contribution < -0.4 is 15.4 Å². The van der Waals surface area contributed by atoms with Gasteiger partial charge in [-0.2, -0.15) is 0 Å². The molecule has 0 spiro atoms. The Balaban J connectivity index is 1.83. The molecule has 1 aromatic rings. The molecule has 1 fully saturated rings. The number of carbonyl (C=O) groups is 1. The summed E-state index contributed by atoms with van der Waals surface area (Å²) in [7, 11) is 1.65. The number of ether oxygens (including phenoxy) is 1.